The molecule has 3 rings (SSSR count). The summed E-state index contributed by atoms with van der Waals surface area (Å²) in [6, 6.07) is 4.55. The molecule has 0 fully saturated rings. The lowest BCUT2D eigenvalue weighted by Crippen LogP contribution is -2.38. The lowest BCUT2D eigenvalue weighted by atomic mass is 10.0. The predicted molar refractivity (Wildman–Crippen MR) is 116 cm³/mol. The maximum Gasteiger partial charge on any atom is 0.257 e. The highest BCUT2D eigenvalue weighted by molar-refractivity contribution is 5.98. The molecule has 0 radical (unpaired) electrons. The molecule has 2 aromatic rings. The van der Waals surface area contributed by atoms with E-state index in [9.17, 15) is 14.4 Å². The number of amides is 2. The van der Waals surface area contributed by atoms with E-state index < -0.39 is 0 Å². The Morgan fingerprint density at radius 1 is 1.23 bits per heavy atom. The first-order valence-electron chi connectivity index (χ1n) is 10.8. The molecule has 8 nitrogen and oxygen atoms in total. The van der Waals surface area contributed by atoms with E-state index in [2.05, 4.69) is 5.32 Å². The predicted octanol–water partition coefficient (Wildman–Crippen LogP) is 2.76. The van der Waals surface area contributed by atoms with Gasteiger partial charge in [0.2, 0.25) is 5.91 Å². The molecule has 1 aliphatic heterocycles. The second-order valence-electron chi connectivity index (χ2n) is 7.82. The van der Waals surface area contributed by atoms with Gasteiger partial charge in [-0.25, -0.2) is 0 Å². The largest absolute Gasteiger partial charge is 0.496 e. The molecule has 2 aromatic heterocycles. The number of pyridine rings is 1. The fourth-order valence-electron chi connectivity index (χ4n) is 4.15. The van der Waals surface area contributed by atoms with Crippen LogP contribution in [-0.2, 0) is 17.8 Å². The van der Waals surface area contributed by atoms with Gasteiger partial charge in [0.15, 0.2) is 0 Å². The number of rotatable bonds is 7. The van der Waals surface area contributed by atoms with Gasteiger partial charge in [0.05, 0.1) is 19.4 Å². The Kier molecular flexibility index (Phi) is 7.20. The Labute approximate surface area is 182 Å². The van der Waals surface area contributed by atoms with Crippen LogP contribution in [0.3, 0.4) is 0 Å². The van der Waals surface area contributed by atoms with Gasteiger partial charge in [0.1, 0.15) is 17.1 Å². The number of nitrogens with one attached hydrogen (secondary N) is 1. The molecule has 0 spiro atoms. The van der Waals surface area contributed by atoms with Crippen molar-refractivity contribution in [1.82, 2.24) is 14.8 Å². The van der Waals surface area contributed by atoms with E-state index >= 15 is 0 Å². The Bertz CT molecular complexity index is 976. The minimum absolute atomic E-state index is 0.0237. The molecule has 31 heavy (non-hydrogen) atoms. The molecule has 1 atom stereocenters. The van der Waals surface area contributed by atoms with Gasteiger partial charge in [-0.15, -0.1) is 0 Å². The van der Waals surface area contributed by atoms with E-state index in [0.717, 1.165) is 12.8 Å². The molecule has 0 aromatic carbocycles. The van der Waals surface area contributed by atoms with Crippen molar-refractivity contribution in [3.05, 3.63) is 51.8 Å². The molecule has 168 valence electrons. The zero-order valence-corrected chi connectivity index (χ0v) is 18.6. The van der Waals surface area contributed by atoms with Crippen molar-refractivity contribution in [2.75, 3.05) is 20.2 Å². The molecule has 8 heteroatoms. The standard InChI is InChI=1S/C23H31N3O5/c1-5-16(6-2)23(29)25-10-9-17-21(19(30-4)14-20(27)26(17)12-11-25)22(28)24-15(3)18-8-7-13-31-18/h7-8,13-16H,5-6,9-12H2,1-4H3,(H,24,28). The summed E-state index contributed by atoms with van der Waals surface area (Å²) in [5.41, 5.74) is 0.685. The molecule has 0 bridgehead atoms. The zero-order valence-electron chi connectivity index (χ0n) is 18.6. The number of fused-ring (bicyclic) bond motifs is 1. The molecular weight excluding hydrogens is 398 g/mol. The number of carbonyl (C=O) groups excluding carboxylic acids is 2. The third-order valence-corrected chi connectivity index (χ3v) is 6.00. The summed E-state index contributed by atoms with van der Waals surface area (Å²) in [6.07, 6.45) is 3.52. The third kappa shape index (κ3) is 4.68. The topological polar surface area (TPSA) is 93.8 Å². The average molecular weight is 430 g/mol. The minimum Gasteiger partial charge on any atom is -0.496 e. The first kappa shape index (κ1) is 22.7. The summed E-state index contributed by atoms with van der Waals surface area (Å²) in [5, 5.41) is 2.93. The van der Waals surface area contributed by atoms with Crippen LogP contribution in [0.2, 0.25) is 0 Å². The van der Waals surface area contributed by atoms with Gasteiger partial charge < -0.3 is 23.9 Å². The number of aromatic nitrogens is 1. The number of nitrogens with zero attached hydrogens (tertiary/aromatic N) is 2. The minimum atomic E-state index is -0.349. The van der Waals surface area contributed by atoms with Crippen molar-refractivity contribution >= 4 is 11.8 Å². The quantitative estimate of drug-likeness (QED) is 0.730. The fraction of sp³-hybridized carbons (Fsp3) is 0.522. The molecule has 2 amide bonds. The van der Waals surface area contributed by atoms with Crippen LogP contribution in [0, 0.1) is 5.92 Å². The Morgan fingerprint density at radius 3 is 2.58 bits per heavy atom. The van der Waals surface area contributed by atoms with Crippen molar-refractivity contribution in [3.8, 4) is 5.75 Å². The van der Waals surface area contributed by atoms with Crippen LogP contribution < -0.4 is 15.6 Å². The molecule has 1 unspecified atom stereocenters. The van der Waals surface area contributed by atoms with Crippen LogP contribution in [0.5, 0.6) is 5.75 Å². The fourth-order valence-corrected chi connectivity index (χ4v) is 4.15. The number of hydrogen-bond donors (Lipinski definition) is 1. The van der Waals surface area contributed by atoms with E-state index in [1.54, 1.807) is 23.0 Å². The molecule has 0 saturated carbocycles. The summed E-state index contributed by atoms with van der Waals surface area (Å²) < 4.78 is 12.4. The zero-order chi connectivity index (χ0) is 22.5. The van der Waals surface area contributed by atoms with E-state index in [4.69, 9.17) is 9.15 Å². The summed E-state index contributed by atoms with van der Waals surface area (Å²) in [6.45, 7) is 7.09. The average Bonchev–Trinajstić information content (AvgIpc) is 3.21. The maximum atomic E-state index is 13.2. The van der Waals surface area contributed by atoms with Gasteiger partial charge in [0.25, 0.3) is 11.5 Å². The van der Waals surface area contributed by atoms with Crippen LogP contribution in [0.25, 0.3) is 0 Å². The molecule has 1 aliphatic rings. The van der Waals surface area contributed by atoms with Crippen LogP contribution in [0.1, 0.15) is 61.5 Å². The van der Waals surface area contributed by atoms with Gasteiger partial charge in [-0.05, 0) is 31.9 Å². The van der Waals surface area contributed by atoms with Crippen LogP contribution in [0.15, 0.2) is 33.7 Å². The molecule has 3 heterocycles. The van der Waals surface area contributed by atoms with Crippen molar-refractivity contribution in [1.29, 1.82) is 0 Å². The van der Waals surface area contributed by atoms with Crippen molar-refractivity contribution in [2.24, 2.45) is 5.92 Å². The molecular formula is C23H31N3O5. The normalized spacial score (nSPS) is 14.7. The Hall–Kier alpha value is -3.03. The smallest absolute Gasteiger partial charge is 0.257 e. The molecule has 0 aliphatic carbocycles. The van der Waals surface area contributed by atoms with E-state index in [1.807, 2.05) is 25.7 Å². The lowest BCUT2D eigenvalue weighted by Gasteiger charge is -2.24. The Morgan fingerprint density at radius 2 is 1.97 bits per heavy atom. The van der Waals surface area contributed by atoms with E-state index in [1.165, 1.54) is 13.2 Å². The number of hydrogen-bond acceptors (Lipinski definition) is 5. The van der Waals surface area contributed by atoms with Crippen molar-refractivity contribution in [3.63, 3.8) is 0 Å². The highest BCUT2D eigenvalue weighted by atomic mass is 16.5. The number of methoxy groups -OCH3 is 1. The van der Waals surface area contributed by atoms with Gasteiger partial charge >= 0.3 is 0 Å². The highest BCUT2D eigenvalue weighted by Crippen LogP contribution is 2.25. The van der Waals surface area contributed by atoms with Gasteiger partial charge in [-0.2, -0.15) is 0 Å². The number of furan rings is 1. The van der Waals surface area contributed by atoms with Crippen molar-refractivity contribution in [2.45, 2.75) is 52.6 Å². The van der Waals surface area contributed by atoms with Gasteiger partial charge in [0, 0.05) is 43.7 Å². The summed E-state index contributed by atoms with van der Waals surface area (Å²) in [5.74, 6) is 0.609. The number of carbonyl (C=O) groups is 2. The monoisotopic (exact) mass is 429 g/mol. The number of ether oxygens (including phenoxy) is 1. The first-order chi connectivity index (χ1) is 14.9. The summed E-state index contributed by atoms with van der Waals surface area (Å²) in [7, 11) is 1.44. The first-order valence-corrected chi connectivity index (χ1v) is 10.8. The SMILES string of the molecule is CCC(CC)C(=O)N1CCc2c(C(=O)NC(C)c3ccco3)c(OC)cc(=O)n2CC1. The second-order valence-corrected chi connectivity index (χ2v) is 7.82. The molecule has 1 N–H and O–H groups in total. The highest BCUT2D eigenvalue weighted by Gasteiger charge is 2.29. The lowest BCUT2D eigenvalue weighted by molar-refractivity contribution is -0.135. The van der Waals surface area contributed by atoms with Crippen molar-refractivity contribution < 1.29 is 18.7 Å². The third-order valence-electron chi connectivity index (χ3n) is 6.00. The van der Waals surface area contributed by atoms with E-state index in [-0.39, 0.29) is 35.1 Å². The second kappa shape index (κ2) is 9.85. The molecule has 0 saturated heterocycles. The summed E-state index contributed by atoms with van der Waals surface area (Å²) >= 11 is 0. The van der Waals surface area contributed by atoms with Crippen LogP contribution in [-0.4, -0.2) is 41.5 Å². The Balaban J connectivity index is 1.92. The maximum absolute atomic E-state index is 13.2. The summed E-state index contributed by atoms with van der Waals surface area (Å²) in [4.78, 5) is 40.7. The van der Waals surface area contributed by atoms with Crippen LogP contribution >= 0.6 is 0 Å². The van der Waals surface area contributed by atoms with Gasteiger partial charge in [-0.3, -0.25) is 14.4 Å². The van der Waals surface area contributed by atoms with E-state index in [0.29, 0.717) is 43.1 Å². The van der Waals surface area contributed by atoms with Gasteiger partial charge in [-0.1, -0.05) is 13.8 Å². The van der Waals surface area contributed by atoms with Crippen LogP contribution in [0.4, 0.5) is 0 Å².